The summed E-state index contributed by atoms with van der Waals surface area (Å²) in [6.07, 6.45) is 4.06. The second-order valence-electron chi connectivity index (χ2n) is 5.20. The Bertz CT molecular complexity index is 471. The van der Waals surface area contributed by atoms with Gasteiger partial charge in [0.1, 0.15) is 6.04 Å². The largest absolute Gasteiger partial charge is 0.480 e. The number of aromatic nitrogens is 2. The molecule has 8 nitrogen and oxygen atoms in total. The number of carboxylic acid groups (broad SMARTS) is 1. The molecule has 2 amide bonds. The molecular formula is C13H20N4O4. The molecule has 0 aromatic carbocycles. The third-order valence-electron chi connectivity index (χ3n) is 3.61. The van der Waals surface area contributed by atoms with E-state index in [0.717, 1.165) is 6.42 Å². The van der Waals surface area contributed by atoms with E-state index in [0.29, 0.717) is 18.9 Å². The van der Waals surface area contributed by atoms with Crippen molar-refractivity contribution in [3.05, 3.63) is 18.2 Å². The standard InChI is InChI=1S/C13H20N4O4/c1-8(9-2-3-21-6-9)16-13(20)17-11(12(18)19)4-10-5-14-7-15-10/h5,7-9,11H,2-4,6H2,1H3,(H,14,15)(H,18,19)(H2,16,17,20)/t8?,9?,11-/m0/s1. The number of nitrogens with zero attached hydrogens (tertiary/aromatic N) is 1. The first kappa shape index (κ1) is 15.3. The number of rotatable bonds is 6. The maximum absolute atomic E-state index is 11.9. The summed E-state index contributed by atoms with van der Waals surface area (Å²) in [5.74, 6) is -0.816. The van der Waals surface area contributed by atoms with Crippen molar-refractivity contribution in [3.63, 3.8) is 0 Å². The fourth-order valence-corrected chi connectivity index (χ4v) is 2.29. The van der Waals surface area contributed by atoms with Crippen LogP contribution in [0.5, 0.6) is 0 Å². The highest BCUT2D eigenvalue weighted by atomic mass is 16.5. The second-order valence-corrected chi connectivity index (χ2v) is 5.20. The van der Waals surface area contributed by atoms with E-state index in [-0.39, 0.29) is 18.4 Å². The number of ether oxygens (including phenoxy) is 1. The third kappa shape index (κ3) is 4.45. The van der Waals surface area contributed by atoms with E-state index in [1.165, 1.54) is 12.5 Å². The van der Waals surface area contributed by atoms with Crippen LogP contribution in [0.15, 0.2) is 12.5 Å². The molecule has 1 aromatic rings. The number of nitrogens with one attached hydrogen (secondary N) is 3. The predicted octanol–water partition coefficient (Wildman–Crippen LogP) is 0.130. The Labute approximate surface area is 122 Å². The summed E-state index contributed by atoms with van der Waals surface area (Å²) in [6.45, 7) is 3.22. The van der Waals surface area contributed by atoms with Gasteiger partial charge in [-0.05, 0) is 13.3 Å². The van der Waals surface area contributed by atoms with Gasteiger partial charge in [-0.15, -0.1) is 0 Å². The number of aliphatic carboxylic acids is 1. The van der Waals surface area contributed by atoms with Gasteiger partial charge in [-0.2, -0.15) is 0 Å². The lowest BCUT2D eigenvalue weighted by Crippen LogP contribution is -2.50. The van der Waals surface area contributed by atoms with E-state index >= 15 is 0 Å². The molecule has 1 saturated heterocycles. The van der Waals surface area contributed by atoms with Crippen LogP contribution in [0.3, 0.4) is 0 Å². The van der Waals surface area contributed by atoms with E-state index in [9.17, 15) is 9.59 Å². The highest BCUT2D eigenvalue weighted by Crippen LogP contribution is 2.16. The van der Waals surface area contributed by atoms with Gasteiger partial charge in [0, 0.05) is 36.9 Å². The summed E-state index contributed by atoms with van der Waals surface area (Å²) < 4.78 is 5.27. The number of hydrogen-bond donors (Lipinski definition) is 4. The monoisotopic (exact) mass is 296 g/mol. The minimum Gasteiger partial charge on any atom is -0.480 e. The molecule has 1 aliphatic heterocycles. The third-order valence-corrected chi connectivity index (χ3v) is 3.61. The summed E-state index contributed by atoms with van der Waals surface area (Å²) >= 11 is 0. The molecule has 4 N–H and O–H groups in total. The SMILES string of the molecule is CC(NC(=O)N[C@@H](Cc1cnc[nH]1)C(=O)O)C1CCOC1. The number of carbonyl (C=O) groups is 2. The Hall–Kier alpha value is -2.09. The Morgan fingerprint density at radius 3 is 2.95 bits per heavy atom. The topological polar surface area (TPSA) is 116 Å². The van der Waals surface area contributed by atoms with Crippen LogP contribution in [0.4, 0.5) is 4.79 Å². The maximum Gasteiger partial charge on any atom is 0.326 e. The lowest BCUT2D eigenvalue weighted by Gasteiger charge is -2.21. The van der Waals surface area contributed by atoms with Crippen molar-refractivity contribution in [1.29, 1.82) is 0 Å². The Balaban J connectivity index is 1.84. The van der Waals surface area contributed by atoms with E-state index in [2.05, 4.69) is 20.6 Å². The van der Waals surface area contributed by atoms with Crippen molar-refractivity contribution >= 4 is 12.0 Å². The zero-order valence-corrected chi connectivity index (χ0v) is 11.8. The van der Waals surface area contributed by atoms with Crippen LogP contribution in [0.1, 0.15) is 19.0 Å². The van der Waals surface area contributed by atoms with Crippen molar-refractivity contribution < 1.29 is 19.4 Å². The molecule has 8 heteroatoms. The highest BCUT2D eigenvalue weighted by Gasteiger charge is 2.26. The van der Waals surface area contributed by atoms with E-state index < -0.39 is 18.0 Å². The number of carboxylic acids is 1. The second kappa shape index (κ2) is 7.07. The molecule has 0 spiro atoms. The van der Waals surface area contributed by atoms with Crippen LogP contribution >= 0.6 is 0 Å². The first-order valence-electron chi connectivity index (χ1n) is 6.91. The average Bonchev–Trinajstić information content (AvgIpc) is 3.10. The van der Waals surface area contributed by atoms with Gasteiger partial charge in [-0.1, -0.05) is 0 Å². The smallest absolute Gasteiger partial charge is 0.326 e. The van der Waals surface area contributed by atoms with Gasteiger partial charge in [-0.25, -0.2) is 14.6 Å². The van der Waals surface area contributed by atoms with Crippen molar-refractivity contribution in [2.24, 2.45) is 5.92 Å². The molecule has 1 fully saturated rings. The molecule has 21 heavy (non-hydrogen) atoms. The van der Waals surface area contributed by atoms with Crippen LogP contribution in [-0.2, 0) is 16.0 Å². The summed E-state index contributed by atoms with van der Waals surface area (Å²) in [6, 6.07) is -1.55. The van der Waals surface area contributed by atoms with Gasteiger partial charge in [0.25, 0.3) is 0 Å². The Morgan fingerprint density at radius 2 is 2.38 bits per heavy atom. The zero-order chi connectivity index (χ0) is 15.2. The maximum atomic E-state index is 11.9. The van der Waals surface area contributed by atoms with Crippen LogP contribution < -0.4 is 10.6 Å². The molecule has 1 aromatic heterocycles. The molecule has 3 atom stereocenters. The first-order chi connectivity index (χ1) is 10.1. The lowest BCUT2D eigenvalue weighted by atomic mass is 10.0. The molecular weight excluding hydrogens is 276 g/mol. The van der Waals surface area contributed by atoms with Crippen LogP contribution in [0.25, 0.3) is 0 Å². The van der Waals surface area contributed by atoms with E-state index in [1.54, 1.807) is 0 Å². The number of aromatic amines is 1. The Morgan fingerprint density at radius 1 is 1.57 bits per heavy atom. The predicted molar refractivity (Wildman–Crippen MR) is 73.8 cm³/mol. The summed E-state index contributed by atoms with van der Waals surface area (Å²) in [7, 11) is 0. The van der Waals surface area contributed by atoms with Gasteiger partial charge in [0.15, 0.2) is 0 Å². The molecule has 0 radical (unpaired) electrons. The van der Waals surface area contributed by atoms with Crippen LogP contribution in [0.2, 0.25) is 0 Å². The van der Waals surface area contributed by atoms with Gasteiger partial charge in [0.2, 0.25) is 0 Å². The zero-order valence-electron chi connectivity index (χ0n) is 11.8. The fraction of sp³-hybridized carbons (Fsp3) is 0.615. The number of carbonyl (C=O) groups excluding carboxylic acids is 1. The first-order valence-corrected chi connectivity index (χ1v) is 6.91. The van der Waals surface area contributed by atoms with Crippen molar-refractivity contribution in [3.8, 4) is 0 Å². The minimum absolute atomic E-state index is 0.0610. The fourth-order valence-electron chi connectivity index (χ4n) is 2.29. The number of amides is 2. The quantitative estimate of drug-likeness (QED) is 0.595. The number of urea groups is 1. The molecule has 0 saturated carbocycles. The van der Waals surface area contributed by atoms with Crippen LogP contribution in [-0.4, -0.2) is 52.4 Å². The van der Waals surface area contributed by atoms with Crippen molar-refractivity contribution in [2.45, 2.75) is 31.8 Å². The molecule has 2 rings (SSSR count). The molecule has 0 aliphatic carbocycles. The molecule has 1 aliphatic rings. The summed E-state index contributed by atoms with van der Waals surface area (Å²) in [5.41, 5.74) is 0.653. The number of imidazole rings is 1. The number of H-pyrrole nitrogens is 1. The van der Waals surface area contributed by atoms with Crippen molar-refractivity contribution in [1.82, 2.24) is 20.6 Å². The van der Waals surface area contributed by atoms with Crippen LogP contribution in [0, 0.1) is 5.92 Å². The molecule has 2 heterocycles. The number of hydrogen-bond acceptors (Lipinski definition) is 4. The van der Waals surface area contributed by atoms with E-state index in [1.807, 2.05) is 6.92 Å². The van der Waals surface area contributed by atoms with Gasteiger partial charge in [-0.3, -0.25) is 0 Å². The normalized spacial score (nSPS) is 20.7. The van der Waals surface area contributed by atoms with Gasteiger partial charge in [0.05, 0.1) is 12.9 Å². The molecule has 116 valence electrons. The molecule has 0 bridgehead atoms. The van der Waals surface area contributed by atoms with Gasteiger partial charge >= 0.3 is 12.0 Å². The van der Waals surface area contributed by atoms with Crippen molar-refractivity contribution in [2.75, 3.05) is 13.2 Å². The summed E-state index contributed by atoms with van der Waals surface area (Å²) in [4.78, 5) is 29.8. The van der Waals surface area contributed by atoms with E-state index in [4.69, 9.17) is 9.84 Å². The molecule has 2 unspecified atom stereocenters. The minimum atomic E-state index is -1.09. The lowest BCUT2D eigenvalue weighted by molar-refractivity contribution is -0.139. The average molecular weight is 296 g/mol. The van der Waals surface area contributed by atoms with Gasteiger partial charge < -0.3 is 25.5 Å². The summed E-state index contributed by atoms with van der Waals surface area (Å²) in [5, 5.41) is 14.4. The Kier molecular flexibility index (Phi) is 5.15. The highest BCUT2D eigenvalue weighted by molar-refractivity contribution is 5.82.